The summed E-state index contributed by atoms with van der Waals surface area (Å²) < 4.78 is 0. The predicted molar refractivity (Wildman–Crippen MR) is 556 cm³/mol. The standard InChI is InChI=1S/C96H139N27O24S3/c1-52(126)77-92(144)117-67(43-55-25-10-5-11-26-55)84(136)118-70(48-124)87(139)119-71(49-125)88(140)120-72(90(142)112-64(94(146)147)30-15-17-36-98)50-149-150-51-73(121-91(143)74-33-20-39-123(74)93(145)63(34-40-148-2)111-79(131)61(31-18-37-105-95(101)102)108-78(130)58(99)45-76(128)129)89(141)110-62(32-19-38-106-96(103)104)80(132)116-69(46-75(100)127)86(138)114-65(41-53-21-6-3-7-22-53)82(134)113-66(42-54-23-8-4-9-24-54)83(135)115-68(44-56-47-107-59-28-13-12-27-57(56)59)85(137)109-60(81(133)122-77)29-14-16-35-97/h3-13,21-28,47,52,58,60-74,77,107,124-126H,14-20,29-46,48-51,97-99H2,1-2H3,(H2,100,127)(H,108,130)(H,109,137)(H,110,141)(H,111,131)(H,112,142)(H,113,134)(H,114,138)(H,115,135)(H,116,132)(H,117,144)(H,118,136)(H,119,139)(H,120,140)(H,121,143)(H,122,133)(H,128,129)(H,146,147)(H4,101,102,105)(H4,103,104,106)/t52-,58+,60?,61+,62?,63+,64+,65?,66+,67?,68+,69+,70+,71+,72+,73+,74+,77+/m1/s1. The zero-order valence-corrected chi connectivity index (χ0v) is 85.5. The molecule has 1 aromatic heterocycles. The van der Waals surface area contributed by atoms with Crippen molar-refractivity contribution in [1.29, 1.82) is 10.8 Å². The summed E-state index contributed by atoms with van der Waals surface area (Å²) >= 11 is 1.26. The van der Waals surface area contributed by atoms with E-state index >= 15 is 43.2 Å². The highest BCUT2D eigenvalue weighted by Gasteiger charge is 2.44. The third-order valence-electron chi connectivity index (χ3n) is 24.2. The van der Waals surface area contributed by atoms with Crippen LogP contribution in [0.5, 0.6) is 0 Å². The molecule has 4 aromatic carbocycles. The van der Waals surface area contributed by atoms with Crippen molar-refractivity contribution < 1.29 is 117 Å². The Balaban J connectivity index is 1.38. The maximum Gasteiger partial charge on any atom is 0.326 e. The van der Waals surface area contributed by atoms with E-state index in [1.165, 1.54) is 11.8 Å². The molecule has 3 heterocycles. The molecule has 0 bridgehead atoms. The fraction of sp³-hybridized carbons (Fsp3) is 0.510. The third kappa shape index (κ3) is 41.3. The van der Waals surface area contributed by atoms with Crippen molar-refractivity contribution in [3.63, 3.8) is 0 Å². The number of aliphatic carboxylic acids is 2. The Labute approximate surface area is 876 Å². The van der Waals surface area contributed by atoms with Gasteiger partial charge in [0.25, 0.3) is 0 Å². The minimum absolute atomic E-state index is 0.00960. The lowest BCUT2D eigenvalue weighted by atomic mass is 10.00. The molecule has 0 aliphatic carbocycles. The number of carbonyl (C=O) groups is 19. The van der Waals surface area contributed by atoms with Crippen LogP contribution >= 0.6 is 33.3 Å². The van der Waals surface area contributed by atoms with E-state index in [1.807, 2.05) is 0 Å². The van der Waals surface area contributed by atoms with Crippen LogP contribution in [0.15, 0.2) is 121 Å². The van der Waals surface area contributed by atoms with Crippen molar-refractivity contribution in [3.05, 3.63) is 144 Å². The molecule has 17 amide bonds. The first kappa shape index (κ1) is 123. The minimum atomic E-state index is -2.11. The van der Waals surface area contributed by atoms with Gasteiger partial charge in [-0.15, -0.1) is 0 Å². The van der Waals surface area contributed by atoms with Gasteiger partial charge in [-0.25, -0.2) is 4.79 Å². The van der Waals surface area contributed by atoms with Crippen molar-refractivity contribution in [2.75, 3.05) is 69.5 Å². The first-order valence-corrected chi connectivity index (χ1v) is 52.7. The minimum Gasteiger partial charge on any atom is -0.481 e. The number of likely N-dealkylation sites (tertiary alicyclic amines) is 1. The van der Waals surface area contributed by atoms with Gasteiger partial charge in [0, 0.05) is 73.9 Å². The highest BCUT2D eigenvalue weighted by molar-refractivity contribution is 8.76. The number of primary amides is 1. The van der Waals surface area contributed by atoms with Crippen molar-refractivity contribution in [1.82, 2.24) is 100 Å². The fourth-order valence-corrected chi connectivity index (χ4v) is 19.0. The van der Waals surface area contributed by atoms with Crippen LogP contribution in [0, 0.1) is 10.8 Å². The summed E-state index contributed by atoms with van der Waals surface area (Å²) in [6, 6.07) is 0.895. The number of carboxylic acid groups (broad SMARTS) is 2. The second-order valence-electron chi connectivity index (χ2n) is 35.9. The Hall–Kier alpha value is -14.3. The normalized spacial score (nSPS) is 22.2. The maximum atomic E-state index is 15.6. The summed E-state index contributed by atoms with van der Waals surface area (Å²) in [5.74, 6) is -24.5. The molecule has 2 aliphatic heterocycles. The predicted octanol–water partition coefficient (Wildman–Crippen LogP) is -7.24. The maximum absolute atomic E-state index is 15.6. The number of unbranched alkanes of at least 4 members (excludes halogenated alkanes) is 2. The van der Waals surface area contributed by atoms with Crippen molar-refractivity contribution in [3.8, 4) is 0 Å². The number of hydrogen-bond donors (Lipinski definition) is 31. The summed E-state index contributed by atoms with van der Waals surface area (Å²) in [5.41, 5.74) is 36.8. The number of nitrogens with two attached hydrogens (primary N) is 6. The first-order chi connectivity index (χ1) is 71.6. The molecule has 5 aromatic rings. The molecule has 0 saturated carbocycles. The molecule has 54 heteroatoms. The number of amides is 17. The Kier molecular flexibility index (Phi) is 52.5. The lowest BCUT2D eigenvalue weighted by Gasteiger charge is -2.31. The lowest BCUT2D eigenvalue weighted by molar-refractivity contribution is -0.142. The topological polar surface area (TPSA) is 853 Å². The molecule has 2 aliphatic rings. The summed E-state index contributed by atoms with van der Waals surface area (Å²) in [6.07, 6.45) is -2.29. The largest absolute Gasteiger partial charge is 0.481 e. The number of rotatable bonds is 44. The van der Waals surface area contributed by atoms with E-state index in [1.54, 1.807) is 128 Å². The van der Waals surface area contributed by atoms with Crippen LogP contribution in [0.1, 0.15) is 125 Å². The SMILES string of the molecule is CSCC[C@H](NC(=O)[C@H](CCCNC(=N)N)NC(=O)[C@@H](N)CC(=O)O)C(=O)N1CCC[C@H]1C(=O)N[C@H]1CSSC[C@@H](C(=O)N[C@@H](CCCCN)C(=O)O)NC(=O)[C@H](CO)NC(=O)[C@H](CO)NC(=O)C(Cc2ccccc2)NC(=O)[C@H]([C@@H](C)O)NC(=O)C(CCCCN)NC(=O)[C@H](Cc2c[nH]c3ccccc23)NC(=O)[C@H](Cc2ccccc2)NC(=O)C(Cc2ccccc2)NC(=O)[C@H](CC(N)=O)NC(=O)C(CCCNC(=N)N)NC1=O. The zero-order valence-electron chi connectivity index (χ0n) is 83.1. The van der Waals surface area contributed by atoms with Gasteiger partial charge in [0.05, 0.1) is 38.2 Å². The number of fused-ring (bicyclic) bond motifs is 1. The average molecular weight is 2150 g/mol. The number of para-hydroxylation sites is 1. The van der Waals surface area contributed by atoms with E-state index in [9.17, 15) is 73.5 Å². The molecule has 51 nitrogen and oxygen atoms in total. The van der Waals surface area contributed by atoms with Crippen molar-refractivity contribution in [2.24, 2.45) is 34.4 Å². The molecule has 150 heavy (non-hydrogen) atoms. The molecular formula is C96H139N27O24S3. The number of hydrogen-bond acceptors (Lipinski definition) is 30. The van der Waals surface area contributed by atoms with Crippen LogP contribution in [0.3, 0.4) is 0 Å². The van der Waals surface area contributed by atoms with Gasteiger partial charge in [-0.3, -0.25) is 97.1 Å². The molecule has 0 radical (unpaired) electrons. The highest BCUT2D eigenvalue weighted by Crippen LogP contribution is 2.27. The number of aliphatic hydroxyl groups excluding tert-OH is 3. The van der Waals surface area contributed by atoms with Gasteiger partial charge in [0.15, 0.2) is 11.9 Å². The summed E-state index contributed by atoms with van der Waals surface area (Å²) in [7, 11) is 1.35. The van der Waals surface area contributed by atoms with Gasteiger partial charge in [0.1, 0.15) is 96.7 Å². The Morgan fingerprint density at radius 2 is 0.933 bits per heavy atom. The lowest BCUT2D eigenvalue weighted by Crippen LogP contribution is -2.63. The summed E-state index contributed by atoms with van der Waals surface area (Å²) in [5, 5.41) is 112. The quantitative estimate of drug-likeness (QED) is 0.00746. The zero-order chi connectivity index (χ0) is 110. The molecule has 37 N–H and O–H groups in total. The van der Waals surface area contributed by atoms with Gasteiger partial charge in [-0.2, -0.15) is 11.8 Å². The van der Waals surface area contributed by atoms with E-state index in [4.69, 9.17) is 45.2 Å². The number of carbonyl (C=O) groups excluding carboxylic acids is 17. The summed E-state index contributed by atoms with van der Waals surface area (Å²) in [6.45, 7) is -1.57. The number of aromatic amines is 1. The second kappa shape index (κ2) is 64.2. The van der Waals surface area contributed by atoms with E-state index in [0.29, 0.717) is 54.7 Å². The number of nitrogens with zero attached hydrogens (tertiary/aromatic N) is 1. The summed E-state index contributed by atoms with van der Waals surface area (Å²) in [4.78, 5) is 282. The van der Waals surface area contributed by atoms with Crippen LogP contribution < -0.4 is 125 Å². The fourth-order valence-electron chi connectivity index (χ4n) is 16.2. The molecular weight excluding hydrogens is 2010 g/mol. The van der Waals surface area contributed by atoms with Crippen molar-refractivity contribution in [2.45, 2.75) is 238 Å². The molecule has 18 atom stereocenters. The number of guanidine groups is 2. The number of H-pyrrole nitrogens is 1. The number of nitrogens with one attached hydrogen (secondary N) is 20. The number of benzene rings is 4. The molecule has 4 unspecified atom stereocenters. The molecule has 820 valence electrons. The van der Waals surface area contributed by atoms with E-state index in [-0.39, 0.29) is 135 Å². The van der Waals surface area contributed by atoms with Gasteiger partial charge in [-0.05, 0) is 144 Å². The molecule has 2 saturated heterocycles. The van der Waals surface area contributed by atoms with Gasteiger partial charge in [0.2, 0.25) is 100 Å². The average Bonchev–Trinajstić information content (AvgIpc) is 1.66. The highest BCUT2D eigenvalue weighted by atomic mass is 33.1. The monoisotopic (exact) mass is 2150 g/mol. The smallest absolute Gasteiger partial charge is 0.326 e. The van der Waals surface area contributed by atoms with Gasteiger partial charge >= 0.3 is 11.9 Å². The molecule has 0 spiro atoms. The first-order valence-electron chi connectivity index (χ1n) is 48.9. The van der Waals surface area contributed by atoms with Gasteiger partial charge in [-0.1, -0.05) is 131 Å². The Morgan fingerprint density at radius 1 is 0.487 bits per heavy atom. The number of carboxylic acids is 2. The second-order valence-corrected chi connectivity index (χ2v) is 39.4. The molecule has 7 rings (SSSR count). The number of aliphatic hydroxyl groups is 3. The Morgan fingerprint density at radius 3 is 1.45 bits per heavy atom. The van der Waals surface area contributed by atoms with Crippen molar-refractivity contribution >= 4 is 169 Å². The Bertz CT molecular complexity index is 5420. The van der Waals surface area contributed by atoms with Crippen LogP contribution in [0.4, 0.5) is 0 Å². The van der Waals surface area contributed by atoms with Crippen LogP contribution in [0.2, 0.25) is 0 Å². The van der Waals surface area contributed by atoms with E-state index in [2.05, 4.69) is 95.4 Å². The van der Waals surface area contributed by atoms with Crippen LogP contribution in [0.25, 0.3) is 10.9 Å². The van der Waals surface area contributed by atoms with Crippen LogP contribution in [-0.4, -0.2) is 338 Å². The van der Waals surface area contributed by atoms with E-state index in [0.717, 1.165) is 11.8 Å². The van der Waals surface area contributed by atoms with Gasteiger partial charge < -0.3 is 160 Å². The van der Waals surface area contributed by atoms with E-state index < -0.39 is 283 Å². The third-order valence-corrected chi connectivity index (χ3v) is 27.3. The number of thioether (sulfide) groups is 1. The number of aromatic nitrogens is 1. The van der Waals surface area contributed by atoms with Crippen LogP contribution in [-0.2, 0) is 117 Å². The molecule has 2 fully saturated rings.